The van der Waals surface area contributed by atoms with Gasteiger partial charge in [0.2, 0.25) is 0 Å². The maximum Gasteiger partial charge on any atom is 0.316 e. The van der Waals surface area contributed by atoms with Gasteiger partial charge in [0, 0.05) is 33.5 Å². The number of aliphatic imine (C=N–C) groups is 1. The van der Waals surface area contributed by atoms with E-state index in [4.69, 9.17) is 16.3 Å². The first kappa shape index (κ1) is 15.7. The van der Waals surface area contributed by atoms with E-state index in [-0.39, 0.29) is 11.8 Å². The number of hydrogen-bond donors (Lipinski definition) is 0. The lowest BCUT2D eigenvalue weighted by Crippen LogP contribution is -2.07. The average Bonchev–Trinajstić information content (AvgIpc) is 2.78. The van der Waals surface area contributed by atoms with Gasteiger partial charge in [-0.15, -0.1) is 0 Å². The van der Waals surface area contributed by atoms with Crippen molar-refractivity contribution in [1.29, 1.82) is 0 Å². The lowest BCUT2D eigenvalue weighted by atomic mass is 9.95. The summed E-state index contributed by atoms with van der Waals surface area (Å²) in [5.74, 6) is -0.332. The van der Waals surface area contributed by atoms with Crippen LogP contribution in [0.2, 0.25) is 5.02 Å². The van der Waals surface area contributed by atoms with E-state index in [0.717, 1.165) is 16.7 Å². The molecule has 0 N–H and O–H groups in total. The Morgan fingerprint density at radius 1 is 1.08 bits per heavy atom. The summed E-state index contributed by atoms with van der Waals surface area (Å²) in [6.45, 7) is 0.343. The zero-order valence-electron chi connectivity index (χ0n) is 13.3. The molecule has 0 aliphatic carbocycles. The van der Waals surface area contributed by atoms with Gasteiger partial charge in [-0.1, -0.05) is 29.8 Å². The number of fused-ring (bicyclic) bond motifs is 3. The van der Waals surface area contributed by atoms with E-state index < -0.39 is 0 Å². The Balaban J connectivity index is 2.00. The van der Waals surface area contributed by atoms with Crippen molar-refractivity contribution in [2.45, 2.75) is 6.54 Å². The number of hydrogen-bond acceptors (Lipinski definition) is 4. The van der Waals surface area contributed by atoms with Crippen molar-refractivity contribution in [1.82, 2.24) is 9.97 Å². The second-order valence-corrected chi connectivity index (χ2v) is 6.00. The molecule has 6 heteroatoms. The summed E-state index contributed by atoms with van der Waals surface area (Å²) in [6, 6.07) is 12.3. The second kappa shape index (κ2) is 6.26. The Morgan fingerprint density at radius 2 is 1.92 bits per heavy atom. The highest BCUT2D eigenvalue weighted by atomic mass is 35.5. The Hall–Kier alpha value is -2.79. The zero-order chi connectivity index (χ0) is 17.4. The molecule has 0 spiro atoms. The monoisotopic (exact) mass is 353 g/mol. The number of rotatable bonds is 2. The van der Waals surface area contributed by atoms with Crippen molar-refractivity contribution < 1.29 is 9.13 Å². The third kappa shape index (κ3) is 2.76. The van der Waals surface area contributed by atoms with E-state index in [1.54, 1.807) is 36.5 Å². The van der Waals surface area contributed by atoms with Crippen molar-refractivity contribution >= 4 is 17.3 Å². The van der Waals surface area contributed by atoms with Crippen LogP contribution in [0.5, 0.6) is 6.01 Å². The van der Waals surface area contributed by atoms with E-state index in [1.165, 1.54) is 13.2 Å². The number of benzene rings is 2. The number of halogens is 2. The molecule has 1 aliphatic rings. The van der Waals surface area contributed by atoms with E-state index in [1.807, 2.05) is 6.07 Å². The highest BCUT2D eigenvalue weighted by molar-refractivity contribution is 6.31. The van der Waals surface area contributed by atoms with Crippen LogP contribution in [0.4, 0.5) is 4.39 Å². The molecule has 124 valence electrons. The van der Waals surface area contributed by atoms with Crippen LogP contribution in [0.25, 0.3) is 11.3 Å². The van der Waals surface area contributed by atoms with Crippen molar-refractivity contribution in [2.75, 3.05) is 7.11 Å². The minimum absolute atomic E-state index is 0.272. The molecule has 0 fully saturated rings. The molecule has 4 nitrogen and oxygen atoms in total. The van der Waals surface area contributed by atoms with Gasteiger partial charge in [-0.3, -0.25) is 4.99 Å². The summed E-state index contributed by atoms with van der Waals surface area (Å²) in [4.78, 5) is 13.3. The molecule has 0 saturated heterocycles. The zero-order valence-corrected chi connectivity index (χ0v) is 14.1. The van der Waals surface area contributed by atoms with Gasteiger partial charge < -0.3 is 4.74 Å². The predicted molar refractivity (Wildman–Crippen MR) is 94.8 cm³/mol. The molecule has 3 aromatic rings. The number of ether oxygens (including phenoxy) is 1. The summed E-state index contributed by atoms with van der Waals surface area (Å²) in [7, 11) is 1.52. The molecule has 0 atom stereocenters. The van der Waals surface area contributed by atoms with Crippen LogP contribution in [0.1, 0.15) is 16.7 Å². The SMILES string of the molecule is COc1ncc2c(n1)-c1ccc(Cl)cc1C(c1ccccc1F)=NC2. The van der Waals surface area contributed by atoms with Crippen molar-refractivity contribution in [3.63, 3.8) is 0 Å². The van der Waals surface area contributed by atoms with Crippen LogP contribution in [-0.4, -0.2) is 22.8 Å². The fraction of sp³-hybridized carbons (Fsp3) is 0.105. The third-order valence-electron chi connectivity index (χ3n) is 4.05. The van der Waals surface area contributed by atoms with Gasteiger partial charge in [-0.2, -0.15) is 4.98 Å². The molecule has 0 saturated carbocycles. The van der Waals surface area contributed by atoms with Crippen molar-refractivity contribution in [2.24, 2.45) is 4.99 Å². The topological polar surface area (TPSA) is 47.4 Å². The van der Waals surface area contributed by atoms with Crippen molar-refractivity contribution in [3.05, 3.63) is 76.2 Å². The maximum absolute atomic E-state index is 14.4. The maximum atomic E-state index is 14.4. The third-order valence-corrected chi connectivity index (χ3v) is 4.29. The molecule has 0 unspecified atom stereocenters. The van der Waals surface area contributed by atoms with Gasteiger partial charge in [0.1, 0.15) is 5.82 Å². The lowest BCUT2D eigenvalue weighted by Gasteiger charge is -2.12. The summed E-state index contributed by atoms with van der Waals surface area (Å²) in [6.07, 6.45) is 1.69. The van der Waals surface area contributed by atoms with Crippen LogP contribution in [0.15, 0.2) is 53.7 Å². The Kier molecular flexibility index (Phi) is 3.93. The molecule has 0 amide bonds. The average molecular weight is 354 g/mol. The van der Waals surface area contributed by atoms with Crippen LogP contribution in [-0.2, 0) is 6.54 Å². The largest absolute Gasteiger partial charge is 0.467 e. The van der Waals surface area contributed by atoms with Crippen LogP contribution in [0.3, 0.4) is 0 Å². The van der Waals surface area contributed by atoms with E-state index in [2.05, 4.69) is 15.0 Å². The number of methoxy groups -OCH3 is 1. The van der Waals surface area contributed by atoms with Gasteiger partial charge >= 0.3 is 6.01 Å². The molecule has 1 aromatic heterocycles. The Bertz CT molecular complexity index is 1000. The molecular formula is C19H13ClFN3O. The predicted octanol–water partition coefficient (Wildman–Crippen LogP) is 4.30. The van der Waals surface area contributed by atoms with Crippen molar-refractivity contribution in [3.8, 4) is 17.3 Å². The molecule has 2 aromatic carbocycles. The van der Waals surface area contributed by atoms with Crippen LogP contribution < -0.4 is 4.74 Å². The molecular weight excluding hydrogens is 341 g/mol. The first-order valence-corrected chi connectivity index (χ1v) is 8.04. The highest BCUT2D eigenvalue weighted by Crippen LogP contribution is 2.34. The molecule has 2 heterocycles. The van der Waals surface area contributed by atoms with E-state index in [0.29, 0.717) is 28.5 Å². The standard InChI is InChI=1S/C19H13ClFN3O/c1-25-19-23-10-11-9-22-18(14-4-2-3-5-16(14)21)15-8-12(20)6-7-13(15)17(11)24-19/h2-8,10H,9H2,1H3. The molecule has 0 radical (unpaired) electrons. The quantitative estimate of drug-likeness (QED) is 0.690. The minimum atomic E-state index is -0.332. The molecule has 4 rings (SSSR count). The summed E-state index contributed by atoms with van der Waals surface area (Å²) in [5.41, 5.74) is 4.09. The number of nitrogens with zero attached hydrogens (tertiary/aromatic N) is 3. The highest BCUT2D eigenvalue weighted by Gasteiger charge is 2.23. The van der Waals surface area contributed by atoms with E-state index in [9.17, 15) is 4.39 Å². The smallest absolute Gasteiger partial charge is 0.316 e. The van der Waals surface area contributed by atoms with Crippen LogP contribution in [0, 0.1) is 5.82 Å². The van der Waals surface area contributed by atoms with Crippen LogP contribution >= 0.6 is 11.6 Å². The summed E-state index contributed by atoms with van der Waals surface area (Å²) >= 11 is 6.20. The summed E-state index contributed by atoms with van der Waals surface area (Å²) < 4.78 is 19.5. The fourth-order valence-corrected chi connectivity index (χ4v) is 3.06. The normalized spacial score (nSPS) is 12.7. The number of aromatic nitrogens is 2. The van der Waals surface area contributed by atoms with Gasteiger partial charge in [0.25, 0.3) is 0 Å². The van der Waals surface area contributed by atoms with Gasteiger partial charge in [-0.05, 0) is 24.3 Å². The Labute approximate surface area is 149 Å². The van der Waals surface area contributed by atoms with Gasteiger partial charge in [0.15, 0.2) is 0 Å². The lowest BCUT2D eigenvalue weighted by molar-refractivity contribution is 0.380. The van der Waals surface area contributed by atoms with Gasteiger partial charge in [0.05, 0.1) is 25.1 Å². The van der Waals surface area contributed by atoms with Gasteiger partial charge in [-0.25, -0.2) is 9.37 Å². The summed E-state index contributed by atoms with van der Waals surface area (Å²) in [5, 5.41) is 0.548. The first-order chi connectivity index (χ1) is 12.2. The molecule has 1 aliphatic heterocycles. The first-order valence-electron chi connectivity index (χ1n) is 7.67. The minimum Gasteiger partial charge on any atom is -0.467 e. The Morgan fingerprint density at radius 3 is 2.72 bits per heavy atom. The molecule has 0 bridgehead atoms. The van der Waals surface area contributed by atoms with E-state index >= 15 is 0 Å². The fourth-order valence-electron chi connectivity index (χ4n) is 2.89. The second-order valence-electron chi connectivity index (χ2n) is 5.57. The molecule has 25 heavy (non-hydrogen) atoms.